The average Bonchev–Trinajstić information content (AvgIpc) is 2.59. The summed E-state index contributed by atoms with van der Waals surface area (Å²) in [5.41, 5.74) is 0.334. The first-order valence-corrected chi connectivity index (χ1v) is 7.92. The second-order valence-electron chi connectivity index (χ2n) is 5.60. The summed E-state index contributed by atoms with van der Waals surface area (Å²) in [5, 5.41) is 5.02. The van der Waals surface area contributed by atoms with Crippen molar-refractivity contribution in [3.63, 3.8) is 0 Å². The standard InChI is InChI=1S/C19H17FN2O5/c1-11(23)21-13-7-8-15(17(9-13)22-12(2)24)18(25)10-27-19(26)14-5-3-4-6-16(14)20/h3-9H,10H2,1-2H3,(H,21,23)(H,22,24). The second-order valence-corrected chi connectivity index (χ2v) is 5.60. The van der Waals surface area contributed by atoms with E-state index in [4.69, 9.17) is 4.74 Å². The molecule has 0 aliphatic rings. The summed E-state index contributed by atoms with van der Waals surface area (Å²) in [5.74, 6) is -3.07. The van der Waals surface area contributed by atoms with Crippen LogP contribution in [0.15, 0.2) is 42.5 Å². The Labute approximate surface area is 154 Å². The summed E-state index contributed by atoms with van der Waals surface area (Å²) in [6.45, 7) is 1.94. The van der Waals surface area contributed by atoms with Crippen LogP contribution in [0.5, 0.6) is 0 Å². The lowest BCUT2D eigenvalue weighted by Crippen LogP contribution is -2.18. The number of hydrogen-bond acceptors (Lipinski definition) is 5. The van der Waals surface area contributed by atoms with Crippen LogP contribution in [0, 0.1) is 5.82 Å². The van der Waals surface area contributed by atoms with Crippen LogP contribution in [-0.2, 0) is 14.3 Å². The van der Waals surface area contributed by atoms with Gasteiger partial charge in [-0.1, -0.05) is 12.1 Å². The highest BCUT2D eigenvalue weighted by Crippen LogP contribution is 2.22. The number of esters is 1. The molecule has 2 N–H and O–H groups in total. The van der Waals surface area contributed by atoms with E-state index in [-0.39, 0.29) is 22.7 Å². The number of benzene rings is 2. The highest BCUT2D eigenvalue weighted by Gasteiger charge is 2.18. The van der Waals surface area contributed by atoms with Gasteiger partial charge in [0, 0.05) is 25.1 Å². The molecule has 0 spiro atoms. The SMILES string of the molecule is CC(=O)Nc1ccc(C(=O)COC(=O)c2ccccc2F)c(NC(C)=O)c1. The van der Waals surface area contributed by atoms with Gasteiger partial charge in [-0.25, -0.2) is 9.18 Å². The molecular weight excluding hydrogens is 355 g/mol. The minimum atomic E-state index is -0.975. The molecule has 0 atom stereocenters. The van der Waals surface area contributed by atoms with Crippen molar-refractivity contribution in [2.24, 2.45) is 0 Å². The second kappa shape index (κ2) is 8.70. The zero-order valence-electron chi connectivity index (χ0n) is 14.7. The molecule has 8 heteroatoms. The van der Waals surface area contributed by atoms with E-state index < -0.39 is 30.1 Å². The Morgan fingerprint density at radius 3 is 2.22 bits per heavy atom. The van der Waals surface area contributed by atoms with Crippen LogP contribution < -0.4 is 10.6 Å². The molecule has 7 nitrogen and oxygen atoms in total. The van der Waals surface area contributed by atoms with E-state index in [2.05, 4.69) is 10.6 Å². The van der Waals surface area contributed by atoms with Crippen LogP contribution >= 0.6 is 0 Å². The van der Waals surface area contributed by atoms with Crippen LogP contribution in [-0.4, -0.2) is 30.2 Å². The lowest BCUT2D eigenvalue weighted by molar-refractivity contribution is -0.115. The van der Waals surface area contributed by atoms with Gasteiger partial charge in [0.1, 0.15) is 5.82 Å². The molecule has 0 radical (unpaired) electrons. The molecule has 27 heavy (non-hydrogen) atoms. The number of ketones is 1. The quantitative estimate of drug-likeness (QED) is 0.600. The van der Waals surface area contributed by atoms with Crippen molar-refractivity contribution in [1.82, 2.24) is 0 Å². The molecule has 0 aromatic heterocycles. The maximum Gasteiger partial charge on any atom is 0.341 e. The van der Waals surface area contributed by atoms with Gasteiger partial charge in [0.2, 0.25) is 17.6 Å². The van der Waals surface area contributed by atoms with Gasteiger partial charge >= 0.3 is 5.97 Å². The Kier molecular flexibility index (Phi) is 6.37. The van der Waals surface area contributed by atoms with Gasteiger partial charge in [-0.2, -0.15) is 0 Å². The summed E-state index contributed by atoms with van der Waals surface area (Å²) >= 11 is 0. The number of hydrogen-bond donors (Lipinski definition) is 2. The molecular formula is C19H17FN2O5. The number of carbonyl (C=O) groups excluding carboxylic acids is 4. The first-order chi connectivity index (χ1) is 12.8. The number of halogens is 1. The zero-order chi connectivity index (χ0) is 20.0. The van der Waals surface area contributed by atoms with Gasteiger partial charge in [0.05, 0.1) is 11.3 Å². The van der Waals surface area contributed by atoms with Gasteiger partial charge in [-0.05, 0) is 30.3 Å². The number of nitrogens with one attached hydrogen (secondary N) is 2. The Balaban J connectivity index is 2.16. The maximum absolute atomic E-state index is 13.6. The summed E-state index contributed by atoms with van der Waals surface area (Å²) < 4.78 is 18.4. The third kappa shape index (κ3) is 5.46. The van der Waals surface area contributed by atoms with Crippen LogP contribution in [0.2, 0.25) is 0 Å². The van der Waals surface area contributed by atoms with Crippen LogP contribution in [0.25, 0.3) is 0 Å². The van der Waals surface area contributed by atoms with Crippen LogP contribution in [0.4, 0.5) is 15.8 Å². The molecule has 2 amide bonds. The summed E-state index contributed by atoms with van der Waals surface area (Å²) in [6, 6.07) is 9.51. The number of rotatable bonds is 6. The lowest BCUT2D eigenvalue weighted by atomic mass is 10.1. The number of amides is 2. The summed E-state index contributed by atoms with van der Waals surface area (Å²) in [4.78, 5) is 46.8. The van der Waals surface area contributed by atoms with E-state index in [9.17, 15) is 23.6 Å². The van der Waals surface area contributed by atoms with Crippen molar-refractivity contribution in [1.29, 1.82) is 0 Å². The van der Waals surface area contributed by atoms with Crippen molar-refractivity contribution >= 4 is 34.9 Å². The molecule has 140 valence electrons. The van der Waals surface area contributed by atoms with E-state index in [0.29, 0.717) is 5.69 Å². The third-order valence-electron chi connectivity index (χ3n) is 3.38. The Morgan fingerprint density at radius 1 is 0.926 bits per heavy atom. The average molecular weight is 372 g/mol. The third-order valence-corrected chi connectivity index (χ3v) is 3.38. The minimum Gasteiger partial charge on any atom is -0.454 e. The highest BCUT2D eigenvalue weighted by molar-refractivity contribution is 6.07. The van der Waals surface area contributed by atoms with E-state index in [1.807, 2.05) is 0 Å². The highest BCUT2D eigenvalue weighted by atomic mass is 19.1. The number of Topliss-reactive ketones (excluding diaryl/α,β-unsaturated/α-hetero) is 1. The molecule has 0 aliphatic heterocycles. The van der Waals surface area contributed by atoms with Gasteiger partial charge in [0.25, 0.3) is 0 Å². The maximum atomic E-state index is 13.6. The predicted molar refractivity (Wildman–Crippen MR) is 96.1 cm³/mol. The molecule has 0 fully saturated rings. The first-order valence-electron chi connectivity index (χ1n) is 7.92. The number of anilines is 2. The van der Waals surface area contributed by atoms with E-state index in [0.717, 1.165) is 6.07 Å². The topological polar surface area (TPSA) is 102 Å². The fourth-order valence-electron chi connectivity index (χ4n) is 2.27. The number of ether oxygens (including phenoxy) is 1. The molecule has 2 aromatic carbocycles. The zero-order valence-corrected chi connectivity index (χ0v) is 14.7. The molecule has 0 aliphatic carbocycles. The molecule has 0 bridgehead atoms. The molecule has 0 saturated carbocycles. The largest absolute Gasteiger partial charge is 0.454 e. The lowest BCUT2D eigenvalue weighted by Gasteiger charge is -2.12. The van der Waals surface area contributed by atoms with Gasteiger partial charge in [-0.3, -0.25) is 14.4 Å². The van der Waals surface area contributed by atoms with Crippen molar-refractivity contribution in [2.45, 2.75) is 13.8 Å². The van der Waals surface area contributed by atoms with Crippen molar-refractivity contribution < 1.29 is 28.3 Å². The molecule has 2 rings (SSSR count). The Bertz CT molecular complexity index is 911. The fourth-order valence-corrected chi connectivity index (χ4v) is 2.27. The van der Waals surface area contributed by atoms with Crippen molar-refractivity contribution in [3.05, 3.63) is 59.4 Å². The van der Waals surface area contributed by atoms with Crippen molar-refractivity contribution in [3.8, 4) is 0 Å². The normalized spacial score (nSPS) is 10.0. The molecule has 2 aromatic rings. The molecule has 0 saturated heterocycles. The first kappa shape index (κ1) is 19.8. The molecule has 0 unspecified atom stereocenters. The number of carbonyl (C=O) groups is 4. The van der Waals surface area contributed by atoms with E-state index in [1.54, 1.807) is 0 Å². The minimum absolute atomic E-state index is 0.0839. The fraction of sp³-hybridized carbons (Fsp3) is 0.158. The van der Waals surface area contributed by atoms with Gasteiger partial charge in [-0.15, -0.1) is 0 Å². The Hall–Kier alpha value is -3.55. The summed E-state index contributed by atoms with van der Waals surface area (Å²) in [7, 11) is 0. The van der Waals surface area contributed by atoms with Crippen LogP contribution in [0.1, 0.15) is 34.6 Å². The Morgan fingerprint density at radius 2 is 1.59 bits per heavy atom. The molecule has 0 heterocycles. The smallest absolute Gasteiger partial charge is 0.341 e. The predicted octanol–water partition coefficient (Wildman–Crippen LogP) is 2.78. The van der Waals surface area contributed by atoms with E-state index >= 15 is 0 Å². The monoisotopic (exact) mass is 372 g/mol. The van der Waals surface area contributed by atoms with Crippen molar-refractivity contribution in [2.75, 3.05) is 17.2 Å². The van der Waals surface area contributed by atoms with Crippen LogP contribution in [0.3, 0.4) is 0 Å². The van der Waals surface area contributed by atoms with E-state index in [1.165, 1.54) is 50.2 Å². The van der Waals surface area contributed by atoms with Gasteiger partial charge in [0.15, 0.2) is 6.61 Å². The summed E-state index contributed by atoms with van der Waals surface area (Å²) in [6.07, 6.45) is 0. The van der Waals surface area contributed by atoms with Gasteiger partial charge < -0.3 is 15.4 Å².